The Morgan fingerprint density at radius 3 is 2.46 bits per heavy atom. The lowest BCUT2D eigenvalue weighted by Gasteiger charge is -2.40. The number of rotatable bonds is 12. The number of sulfonamides is 1. The molecule has 2 aromatic rings. The highest BCUT2D eigenvalue weighted by molar-refractivity contribution is 7.89. The van der Waals surface area contributed by atoms with E-state index in [1.807, 2.05) is 47.4 Å². The zero-order valence-electron chi connectivity index (χ0n) is 26.9. The van der Waals surface area contributed by atoms with Gasteiger partial charge in [0.1, 0.15) is 24.2 Å². The Bertz CT molecular complexity index is 1500. The molecule has 0 unspecified atom stereocenters. The Labute approximate surface area is 272 Å². The molecule has 4 aliphatic rings. The standard InChI is InChI=1S/C34H46N4O7S/c1-35(27-9-10-27)16-5-21-46(41,42)37-19-14-29(15-20-37)45-30-11-8-25(32(23-30)43-2)22-33(39)36-17-12-28(13-18-36)38-31-7-4-3-6-26(31)24-44-34(38)40/h3-4,6-8,11,23,27-29H,5,9-10,12-22,24H2,1-2H3. The van der Waals surface area contributed by atoms with E-state index in [9.17, 15) is 18.0 Å². The van der Waals surface area contributed by atoms with Crippen LogP contribution in [0.3, 0.4) is 0 Å². The molecule has 0 atom stereocenters. The highest BCUT2D eigenvalue weighted by Gasteiger charge is 2.35. The summed E-state index contributed by atoms with van der Waals surface area (Å²) in [5.74, 6) is 1.43. The SMILES string of the molecule is COc1cc(OC2CCN(S(=O)(=O)CCCN(C)C3CC3)CC2)ccc1CC(=O)N1CCC(N2C(=O)OCc3ccccc32)CC1. The van der Waals surface area contributed by atoms with Crippen LogP contribution in [-0.2, 0) is 32.6 Å². The number of cyclic esters (lactones) is 1. The van der Waals surface area contributed by atoms with Crippen LogP contribution in [0.2, 0.25) is 0 Å². The summed E-state index contributed by atoms with van der Waals surface area (Å²) in [4.78, 5) is 31.8. The van der Waals surface area contributed by atoms with Crippen LogP contribution in [0.15, 0.2) is 42.5 Å². The van der Waals surface area contributed by atoms with Crippen LogP contribution < -0.4 is 14.4 Å². The van der Waals surface area contributed by atoms with E-state index in [1.54, 1.807) is 16.3 Å². The van der Waals surface area contributed by atoms with Crippen molar-refractivity contribution in [3.63, 3.8) is 0 Å². The Balaban J connectivity index is 0.970. The molecule has 2 aromatic carbocycles. The van der Waals surface area contributed by atoms with E-state index >= 15 is 0 Å². The van der Waals surface area contributed by atoms with E-state index in [-0.39, 0.29) is 42.9 Å². The second-order valence-electron chi connectivity index (χ2n) is 12.9. The minimum absolute atomic E-state index is 0.0137. The van der Waals surface area contributed by atoms with E-state index in [4.69, 9.17) is 14.2 Å². The zero-order valence-corrected chi connectivity index (χ0v) is 27.8. The maximum Gasteiger partial charge on any atom is 0.414 e. The molecule has 3 aliphatic heterocycles. The average Bonchev–Trinajstić information content (AvgIpc) is 3.92. The topological polar surface area (TPSA) is 109 Å². The quantitative estimate of drug-likeness (QED) is 0.338. The molecule has 11 nitrogen and oxygen atoms in total. The van der Waals surface area contributed by atoms with E-state index in [1.165, 1.54) is 12.8 Å². The molecule has 0 N–H and O–H groups in total. The lowest BCUT2D eigenvalue weighted by Crippen LogP contribution is -2.50. The van der Waals surface area contributed by atoms with Crippen LogP contribution in [0.4, 0.5) is 10.5 Å². The zero-order chi connectivity index (χ0) is 32.3. The van der Waals surface area contributed by atoms with Crippen LogP contribution in [0.5, 0.6) is 11.5 Å². The number of methoxy groups -OCH3 is 1. The summed E-state index contributed by atoms with van der Waals surface area (Å²) < 4.78 is 44.7. The van der Waals surface area contributed by atoms with Gasteiger partial charge in [-0.25, -0.2) is 17.5 Å². The minimum Gasteiger partial charge on any atom is -0.496 e. The molecule has 2 amide bonds. The lowest BCUT2D eigenvalue weighted by molar-refractivity contribution is -0.131. The van der Waals surface area contributed by atoms with Gasteiger partial charge in [-0.2, -0.15) is 0 Å². The number of nitrogens with zero attached hydrogens (tertiary/aromatic N) is 4. The molecule has 250 valence electrons. The van der Waals surface area contributed by atoms with Crippen LogP contribution in [0, 0.1) is 0 Å². The van der Waals surface area contributed by atoms with Gasteiger partial charge in [0.05, 0.1) is 25.0 Å². The van der Waals surface area contributed by atoms with Gasteiger partial charge in [-0.15, -0.1) is 0 Å². The number of benzene rings is 2. The number of amides is 2. The third-order valence-electron chi connectivity index (χ3n) is 9.76. The Morgan fingerprint density at radius 1 is 1.00 bits per heavy atom. The Kier molecular flexibility index (Phi) is 10.0. The average molecular weight is 655 g/mol. The number of carbonyl (C=O) groups excluding carboxylic acids is 2. The van der Waals surface area contributed by atoms with Gasteiger partial charge in [-0.05, 0) is 70.7 Å². The molecule has 3 heterocycles. The predicted molar refractivity (Wildman–Crippen MR) is 175 cm³/mol. The normalized spacial score (nSPS) is 20.0. The molecule has 2 saturated heterocycles. The van der Waals surface area contributed by atoms with Crippen LogP contribution in [0.25, 0.3) is 0 Å². The number of hydrogen-bond acceptors (Lipinski definition) is 8. The van der Waals surface area contributed by atoms with Crippen molar-refractivity contribution in [2.45, 2.75) is 76.2 Å². The maximum absolute atomic E-state index is 13.3. The van der Waals surface area contributed by atoms with Gasteiger partial charge in [0.15, 0.2) is 0 Å². The number of carbonyl (C=O) groups is 2. The van der Waals surface area contributed by atoms with Crippen LogP contribution in [0.1, 0.15) is 56.1 Å². The van der Waals surface area contributed by atoms with Gasteiger partial charge < -0.3 is 24.0 Å². The Morgan fingerprint density at radius 2 is 1.74 bits per heavy atom. The van der Waals surface area contributed by atoms with Gasteiger partial charge in [0.25, 0.3) is 0 Å². The second-order valence-corrected chi connectivity index (χ2v) is 15.0. The number of piperidine rings is 2. The first kappa shape index (κ1) is 32.6. The number of para-hydroxylation sites is 1. The lowest BCUT2D eigenvalue weighted by atomic mass is 10.00. The van der Waals surface area contributed by atoms with Crippen molar-refractivity contribution < 1.29 is 32.2 Å². The molecule has 1 aliphatic carbocycles. The monoisotopic (exact) mass is 654 g/mol. The van der Waals surface area contributed by atoms with Crippen LogP contribution >= 0.6 is 0 Å². The largest absolute Gasteiger partial charge is 0.496 e. The fraction of sp³-hybridized carbons (Fsp3) is 0.588. The molecule has 12 heteroatoms. The van der Waals surface area contributed by atoms with Crippen molar-refractivity contribution in [1.82, 2.24) is 14.1 Å². The minimum atomic E-state index is -3.27. The summed E-state index contributed by atoms with van der Waals surface area (Å²) in [6.45, 7) is 3.14. The van der Waals surface area contributed by atoms with E-state index in [0.29, 0.717) is 75.8 Å². The number of likely N-dealkylation sites (tertiary alicyclic amines) is 1. The third kappa shape index (κ3) is 7.61. The summed E-state index contributed by atoms with van der Waals surface area (Å²) in [6, 6.07) is 14.0. The van der Waals surface area contributed by atoms with Crippen molar-refractivity contribution in [2.24, 2.45) is 0 Å². The molecular weight excluding hydrogens is 608 g/mol. The molecule has 3 fully saturated rings. The fourth-order valence-corrected chi connectivity index (χ4v) is 8.38. The number of ether oxygens (including phenoxy) is 3. The van der Waals surface area contributed by atoms with Crippen molar-refractivity contribution in [2.75, 3.05) is 57.5 Å². The molecule has 0 aromatic heterocycles. The summed E-state index contributed by atoms with van der Waals surface area (Å²) in [7, 11) is 0.391. The predicted octanol–water partition coefficient (Wildman–Crippen LogP) is 4.04. The van der Waals surface area contributed by atoms with Crippen molar-refractivity contribution >= 4 is 27.7 Å². The molecule has 6 rings (SSSR count). The first-order valence-corrected chi connectivity index (χ1v) is 18.2. The highest BCUT2D eigenvalue weighted by atomic mass is 32.2. The summed E-state index contributed by atoms with van der Waals surface area (Å²) in [5.41, 5.74) is 2.68. The van der Waals surface area contributed by atoms with Crippen molar-refractivity contribution in [3.05, 3.63) is 53.6 Å². The van der Waals surface area contributed by atoms with E-state index in [2.05, 4.69) is 11.9 Å². The molecule has 0 bridgehead atoms. The summed E-state index contributed by atoms with van der Waals surface area (Å²) >= 11 is 0. The van der Waals surface area contributed by atoms with Gasteiger partial charge in [0.2, 0.25) is 15.9 Å². The third-order valence-corrected chi connectivity index (χ3v) is 11.7. The van der Waals surface area contributed by atoms with Crippen molar-refractivity contribution in [3.8, 4) is 11.5 Å². The number of anilines is 1. The van der Waals surface area contributed by atoms with Crippen molar-refractivity contribution in [1.29, 1.82) is 0 Å². The smallest absolute Gasteiger partial charge is 0.414 e. The second kappa shape index (κ2) is 14.2. The molecule has 0 spiro atoms. The van der Waals surface area contributed by atoms with Gasteiger partial charge in [-0.1, -0.05) is 24.3 Å². The van der Waals surface area contributed by atoms with Crippen LogP contribution in [-0.4, -0.2) is 105 Å². The van der Waals surface area contributed by atoms with Gasteiger partial charge in [0, 0.05) is 55.5 Å². The maximum atomic E-state index is 13.3. The number of fused-ring (bicyclic) bond motifs is 1. The summed E-state index contributed by atoms with van der Waals surface area (Å²) in [6.07, 6.45) is 5.50. The van der Waals surface area contributed by atoms with Gasteiger partial charge in [-0.3, -0.25) is 9.69 Å². The van der Waals surface area contributed by atoms with Gasteiger partial charge >= 0.3 is 6.09 Å². The molecule has 46 heavy (non-hydrogen) atoms. The highest BCUT2D eigenvalue weighted by Crippen LogP contribution is 2.33. The Hall–Kier alpha value is -3.35. The van der Waals surface area contributed by atoms with E-state index in [0.717, 1.165) is 23.4 Å². The van der Waals surface area contributed by atoms with E-state index < -0.39 is 10.0 Å². The first-order chi connectivity index (χ1) is 22.2. The molecular formula is C34H46N4O7S. The summed E-state index contributed by atoms with van der Waals surface area (Å²) in [5, 5.41) is 0. The fourth-order valence-electron chi connectivity index (χ4n) is 6.86. The molecule has 0 radical (unpaired) electrons. The number of hydrogen-bond donors (Lipinski definition) is 0. The molecule has 1 saturated carbocycles. The first-order valence-electron chi connectivity index (χ1n) is 16.5.